The standard InChI is InChI=1S/C17H21N3O4/c21-15(18-11-16(22)20-8-4-1-5-9-20)10-14-17(23)19-12-6-2-3-7-13(12)24-14/h2-3,6-7,14H,1,4-5,8-11H2,(H,18,21)(H,19,23). The number of rotatable bonds is 4. The van der Waals surface area contributed by atoms with Crippen molar-refractivity contribution >= 4 is 23.4 Å². The number of amides is 3. The van der Waals surface area contributed by atoms with Gasteiger partial charge in [0.1, 0.15) is 5.75 Å². The molecule has 1 aromatic carbocycles. The van der Waals surface area contributed by atoms with Crippen molar-refractivity contribution in [2.75, 3.05) is 25.0 Å². The number of nitrogens with one attached hydrogen (secondary N) is 2. The van der Waals surface area contributed by atoms with Crippen LogP contribution < -0.4 is 15.4 Å². The van der Waals surface area contributed by atoms with Gasteiger partial charge in [-0.3, -0.25) is 14.4 Å². The van der Waals surface area contributed by atoms with E-state index in [1.54, 1.807) is 29.2 Å². The van der Waals surface area contributed by atoms with Crippen LogP contribution in [0.1, 0.15) is 25.7 Å². The summed E-state index contributed by atoms with van der Waals surface area (Å²) in [6, 6.07) is 7.06. The van der Waals surface area contributed by atoms with Crippen molar-refractivity contribution in [3.8, 4) is 5.75 Å². The number of carbonyl (C=O) groups excluding carboxylic acids is 3. The number of benzene rings is 1. The van der Waals surface area contributed by atoms with E-state index in [1.807, 2.05) is 0 Å². The Morgan fingerprint density at radius 3 is 2.75 bits per heavy atom. The molecule has 7 nitrogen and oxygen atoms in total. The van der Waals surface area contributed by atoms with E-state index in [2.05, 4.69) is 10.6 Å². The van der Waals surface area contributed by atoms with Crippen LogP contribution in [0.25, 0.3) is 0 Å². The number of para-hydroxylation sites is 2. The summed E-state index contributed by atoms with van der Waals surface area (Å²) < 4.78 is 5.57. The smallest absolute Gasteiger partial charge is 0.266 e. The minimum Gasteiger partial charge on any atom is -0.478 e. The van der Waals surface area contributed by atoms with Crippen LogP contribution in [-0.4, -0.2) is 48.4 Å². The minimum absolute atomic E-state index is 0.0379. The van der Waals surface area contributed by atoms with E-state index in [9.17, 15) is 14.4 Å². The molecule has 2 N–H and O–H groups in total. The molecule has 7 heteroatoms. The molecule has 0 aliphatic carbocycles. The van der Waals surface area contributed by atoms with Crippen LogP contribution in [0.15, 0.2) is 24.3 Å². The summed E-state index contributed by atoms with van der Waals surface area (Å²) in [5.41, 5.74) is 0.597. The summed E-state index contributed by atoms with van der Waals surface area (Å²) >= 11 is 0. The largest absolute Gasteiger partial charge is 0.478 e. The highest BCUT2D eigenvalue weighted by molar-refractivity contribution is 6.00. The lowest BCUT2D eigenvalue weighted by Gasteiger charge is -2.27. The predicted octanol–water partition coefficient (Wildman–Crippen LogP) is 0.905. The molecule has 1 saturated heterocycles. The van der Waals surface area contributed by atoms with E-state index in [0.29, 0.717) is 11.4 Å². The molecular weight excluding hydrogens is 310 g/mol. The fraction of sp³-hybridized carbons (Fsp3) is 0.471. The van der Waals surface area contributed by atoms with Crippen molar-refractivity contribution in [1.29, 1.82) is 0 Å². The average Bonchev–Trinajstić information content (AvgIpc) is 2.61. The van der Waals surface area contributed by atoms with Gasteiger partial charge in [0.2, 0.25) is 11.8 Å². The van der Waals surface area contributed by atoms with Crippen LogP contribution in [0.4, 0.5) is 5.69 Å². The van der Waals surface area contributed by atoms with Crippen molar-refractivity contribution in [3.05, 3.63) is 24.3 Å². The van der Waals surface area contributed by atoms with Gasteiger partial charge >= 0.3 is 0 Å². The summed E-state index contributed by atoms with van der Waals surface area (Å²) in [5.74, 6) is -0.271. The normalized spacial score (nSPS) is 19.8. The maximum atomic E-state index is 12.0. The molecule has 0 radical (unpaired) electrons. The number of piperidine rings is 1. The molecule has 128 valence electrons. The van der Waals surface area contributed by atoms with Gasteiger partial charge in [0.05, 0.1) is 18.7 Å². The molecule has 0 aromatic heterocycles. The number of nitrogens with zero attached hydrogens (tertiary/aromatic N) is 1. The van der Waals surface area contributed by atoms with Crippen molar-refractivity contribution in [2.45, 2.75) is 31.8 Å². The summed E-state index contributed by atoms with van der Waals surface area (Å²) in [5, 5.41) is 5.29. The Balaban J connectivity index is 1.48. The van der Waals surface area contributed by atoms with Crippen LogP contribution in [0, 0.1) is 0 Å². The quantitative estimate of drug-likeness (QED) is 0.858. The molecule has 3 rings (SSSR count). The van der Waals surface area contributed by atoms with Gasteiger partial charge in [-0.05, 0) is 31.4 Å². The topological polar surface area (TPSA) is 87.7 Å². The third kappa shape index (κ3) is 3.84. The van der Waals surface area contributed by atoms with Gasteiger partial charge in [0.15, 0.2) is 6.10 Å². The first-order valence-electron chi connectivity index (χ1n) is 8.24. The first-order valence-corrected chi connectivity index (χ1v) is 8.24. The Labute approximate surface area is 140 Å². The van der Waals surface area contributed by atoms with Crippen LogP contribution in [0.2, 0.25) is 0 Å². The third-order valence-electron chi connectivity index (χ3n) is 4.22. The van der Waals surface area contributed by atoms with Crippen molar-refractivity contribution < 1.29 is 19.1 Å². The fourth-order valence-corrected chi connectivity index (χ4v) is 2.90. The molecule has 0 bridgehead atoms. The molecule has 1 unspecified atom stereocenters. The molecule has 2 aliphatic heterocycles. The van der Waals surface area contributed by atoms with Crippen molar-refractivity contribution in [3.63, 3.8) is 0 Å². The molecule has 3 amide bonds. The molecule has 1 fully saturated rings. The fourth-order valence-electron chi connectivity index (χ4n) is 2.90. The van der Waals surface area contributed by atoms with E-state index in [1.165, 1.54) is 0 Å². The maximum absolute atomic E-state index is 12.0. The SMILES string of the molecule is O=C(CC1Oc2ccccc2NC1=O)NCC(=O)N1CCCCC1. The lowest BCUT2D eigenvalue weighted by Crippen LogP contribution is -2.45. The highest BCUT2D eigenvalue weighted by atomic mass is 16.5. The van der Waals surface area contributed by atoms with Gasteiger partial charge in [0.25, 0.3) is 5.91 Å². The predicted molar refractivity (Wildman–Crippen MR) is 87.5 cm³/mol. The van der Waals surface area contributed by atoms with E-state index in [0.717, 1.165) is 32.4 Å². The summed E-state index contributed by atoms with van der Waals surface area (Å²) in [4.78, 5) is 37.8. The second-order valence-corrected chi connectivity index (χ2v) is 6.01. The Morgan fingerprint density at radius 1 is 1.21 bits per heavy atom. The lowest BCUT2D eigenvalue weighted by molar-refractivity contribution is -0.134. The van der Waals surface area contributed by atoms with Gasteiger partial charge < -0.3 is 20.3 Å². The zero-order valence-electron chi connectivity index (χ0n) is 13.4. The number of ether oxygens (including phenoxy) is 1. The molecule has 0 saturated carbocycles. The van der Waals surface area contributed by atoms with E-state index < -0.39 is 6.10 Å². The van der Waals surface area contributed by atoms with E-state index >= 15 is 0 Å². The van der Waals surface area contributed by atoms with Gasteiger partial charge in [0, 0.05) is 13.1 Å². The number of hydrogen-bond acceptors (Lipinski definition) is 4. The van der Waals surface area contributed by atoms with Crippen LogP contribution in [-0.2, 0) is 14.4 Å². The summed E-state index contributed by atoms with van der Waals surface area (Å²) in [6.07, 6.45) is 2.16. The van der Waals surface area contributed by atoms with E-state index in [-0.39, 0.29) is 30.7 Å². The highest BCUT2D eigenvalue weighted by Gasteiger charge is 2.29. The number of likely N-dealkylation sites (tertiary alicyclic amines) is 1. The van der Waals surface area contributed by atoms with Gasteiger partial charge in [-0.15, -0.1) is 0 Å². The Bertz CT molecular complexity index is 640. The average molecular weight is 331 g/mol. The number of fused-ring (bicyclic) bond motifs is 1. The number of hydrogen-bond donors (Lipinski definition) is 2. The van der Waals surface area contributed by atoms with Crippen molar-refractivity contribution in [2.24, 2.45) is 0 Å². The molecule has 2 aliphatic rings. The third-order valence-corrected chi connectivity index (χ3v) is 4.22. The highest BCUT2D eigenvalue weighted by Crippen LogP contribution is 2.29. The molecule has 0 spiro atoms. The van der Waals surface area contributed by atoms with Crippen molar-refractivity contribution in [1.82, 2.24) is 10.2 Å². The summed E-state index contributed by atoms with van der Waals surface area (Å²) in [7, 11) is 0. The molecule has 24 heavy (non-hydrogen) atoms. The van der Waals surface area contributed by atoms with E-state index in [4.69, 9.17) is 4.74 Å². The van der Waals surface area contributed by atoms with Crippen LogP contribution in [0.5, 0.6) is 5.75 Å². The number of carbonyl (C=O) groups is 3. The Morgan fingerprint density at radius 2 is 1.96 bits per heavy atom. The molecule has 1 aromatic rings. The zero-order valence-corrected chi connectivity index (χ0v) is 13.4. The maximum Gasteiger partial charge on any atom is 0.266 e. The first-order chi connectivity index (χ1) is 11.6. The summed E-state index contributed by atoms with van der Waals surface area (Å²) in [6.45, 7) is 1.46. The number of anilines is 1. The Hall–Kier alpha value is -2.57. The zero-order chi connectivity index (χ0) is 16.9. The molecule has 2 heterocycles. The second-order valence-electron chi connectivity index (χ2n) is 6.01. The first kappa shape index (κ1) is 16.3. The van der Waals surface area contributed by atoms with Crippen LogP contribution in [0.3, 0.4) is 0 Å². The molecular formula is C17H21N3O4. The Kier molecular flexibility index (Phi) is 4.98. The van der Waals surface area contributed by atoms with Crippen LogP contribution >= 0.6 is 0 Å². The van der Waals surface area contributed by atoms with Gasteiger partial charge in [-0.2, -0.15) is 0 Å². The lowest BCUT2D eigenvalue weighted by atomic mass is 10.1. The second kappa shape index (κ2) is 7.33. The monoisotopic (exact) mass is 331 g/mol. The van der Waals surface area contributed by atoms with Gasteiger partial charge in [-0.25, -0.2) is 0 Å². The van der Waals surface area contributed by atoms with Gasteiger partial charge in [-0.1, -0.05) is 12.1 Å². The molecule has 1 atom stereocenters. The minimum atomic E-state index is -0.884.